The van der Waals surface area contributed by atoms with E-state index in [-0.39, 0.29) is 18.2 Å². The van der Waals surface area contributed by atoms with Gasteiger partial charge in [0.05, 0.1) is 12.5 Å². The van der Waals surface area contributed by atoms with Crippen LogP contribution < -0.4 is 0 Å². The van der Waals surface area contributed by atoms with Crippen molar-refractivity contribution in [2.75, 3.05) is 13.1 Å². The first-order valence-electron chi connectivity index (χ1n) is 9.70. The molecule has 3 rings (SSSR count). The molecule has 1 heterocycles. The highest BCUT2D eigenvalue weighted by Gasteiger charge is 2.34. The van der Waals surface area contributed by atoms with Gasteiger partial charge in [-0.15, -0.1) is 0 Å². The van der Waals surface area contributed by atoms with E-state index in [4.69, 9.17) is 0 Å². The summed E-state index contributed by atoms with van der Waals surface area (Å²) in [7, 11) is 0. The Bertz CT molecular complexity index is 660. The monoisotopic (exact) mass is 373 g/mol. The Morgan fingerprint density at radius 2 is 1.78 bits per heavy atom. The third kappa shape index (κ3) is 4.66. The van der Waals surface area contributed by atoms with Crippen LogP contribution in [-0.4, -0.2) is 57.6 Å². The van der Waals surface area contributed by atoms with Crippen LogP contribution in [0, 0.1) is 5.92 Å². The molecule has 1 aromatic carbocycles. The largest absolute Gasteiger partial charge is 0.286 e. The number of rotatable bonds is 7. The van der Waals surface area contributed by atoms with Gasteiger partial charge in [0.25, 0.3) is 5.91 Å². The lowest BCUT2D eigenvalue weighted by molar-refractivity contribution is -0.166. The molecule has 1 saturated carbocycles. The SMILES string of the molecule is O=CN(O)C(CC(=O)N1CCCN1C(=O)c1ccccc1)CC1CCCC1. The van der Waals surface area contributed by atoms with Crippen LogP contribution in [0.2, 0.25) is 0 Å². The number of hydroxylamine groups is 2. The van der Waals surface area contributed by atoms with Crippen molar-refractivity contribution in [2.45, 2.75) is 51.0 Å². The first-order valence-corrected chi connectivity index (χ1v) is 9.70. The van der Waals surface area contributed by atoms with Gasteiger partial charge in [-0.3, -0.25) is 24.6 Å². The quantitative estimate of drug-likeness (QED) is 0.452. The third-order valence-corrected chi connectivity index (χ3v) is 5.55. The van der Waals surface area contributed by atoms with E-state index >= 15 is 0 Å². The van der Waals surface area contributed by atoms with Crippen LogP contribution in [-0.2, 0) is 9.59 Å². The van der Waals surface area contributed by atoms with Crippen LogP contribution in [0.1, 0.15) is 55.3 Å². The smallest absolute Gasteiger partial charge is 0.272 e. The summed E-state index contributed by atoms with van der Waals surface area (Å²) in [5.74, 6) is -0.0104. The minimum atomic E-state index is -0.549. The number of nitrogens with zero attached hydrogens (tertiary/aromatic N) is 3. The molecule has 3 amide bonds. The fraction of sp³-hybridized carbons (Fsp3) is 0.550. The molecular weight excluding hydrogens is 346 g/mol. The predicted octanol–water partition coefficient (Wildman–Crippen LogP) is 2.46. The van der Waals surface area contributed by atoms with E-state index < -0.39 is 6.04 Å². The van der Waals surface area contributed by atoms with Crippen LogP contribution in [0.15, 0.2) is 30.3 Å². The maximum absolute atomic E-state index is 12.9. The topological polar surface area (TPSA) is 81.2 Å². The first kappa shape index (κ1) is 19.4. The zero-order valence-corrected chi connectivity index (χ0v) is 15.5. The Labute approximate surface area is 159 Å². The van der Waals surface area contributed by atoms with Gasteiger partial charge in [-0.2, -0.15) is 0 Å². The van der Waals surface area contributed by atoms with Gasteiger partial charge in [0.1, 0.15) is 0 Å². The average molecular weight is 373 g/mol. The molecule has 1 aliphatic heterocycles. The summed E-state index contributed by atoms with van der Waals surface area (Å²) in [6.07, 6.45) is 6.16. The third-order valence-electron chi connectivity index (χ3n) is 5.55. The summed E-state index contributed by atoms with van der Waals surface area (Å²) < 4.78 is 0. The molecule has 1 N–H and O–H groups in total. The van der Waals surface area contributed by atoms with Crippen LogP contribution in [0.4, 0.5) is 0 Å². The van der Waals surface area contributed by atoms with Gasteiger partial charge in [-0.25, -0.2) is 10.1 Å². The van der Waals surface area contributed by atoms with Gasteiger partial charge >= 0.3 is 0 Å². The lowest BCUT2D eigenvalue weighted by Gasteiger charge is -2.31. The normalized spacial score (nSPS) is 18.6. The maximum atomic E-state index is 12.9. The van der Waals surface area contributed by atoms with Gasteiger partial charge in [-0.05, 0) is 30.9 Å². The standard InChI is InChI=1S/C20H27N3O4/c24-15-23(27)18(13-16-7-4-5-8-16)14-19(25)21-11-6-12-22(21)20(26)17-9-2-1-3-10-17/h1-3,9-10,15-16,18,27H,4-8,11-14H2. The molecule has 1 unspecified atom stereocenters. The van der Waals surface area contributed by atoms with E-state index in [1.165, 1.54) is 10.0 Å². The van der Waals surface area contributed by atoms with Crippen molar-refractivity contribution < 1.29 is 19.6 Å². The fourth-order valence-corrected chi connectivity index (χ4v) is 4.12. The number of carbonyl (C=O) groups excluding carboxylic acids is 3. The molecule has 0 spiro atoms. The highest BCUT2D eigenvalue weighted by Crippen LogP contribution is 2.30. The van der Waals surface area contributed by atoms with Crippen molar-refractivity contribution in [3.05, 3.63) is 35.9 Å². The highest BCUT2D eigenvalue weighted by atomic mass is 16.5. The van der Waals surface area contributed by atoms with Crippen molar-refractivity contribution in [2.24, 2.45) is 5.92 Å². The van der Waals surface area contributed by atoms with Gasteiger partial charge in [-0.1, -0.05) is 43.9 Å². The molecule has 2 fully saturated rings. The number of carbonyl (C=O) groups is 3. The molecule has 1 saturated heterocycles. The van der Waals surface area contributed by atoms with Gasteiger partial charge in [0.2, 0.25) is 12.3 Å². The molecule has 1 aliphatic carbocycles. The summed E-state index contributed by atoms with van der Waals surface area (Å²) in [4.78, 5) is 36.7. The zero-order valence-electron chi connectivity index (χ0n) is 15.5. The number of hydrazine groups is 1. The fourth-order valence-electron chi connectivity index (χ4n) is 4.12. The number of amides is 3. The van der Waals surface area contributed by atoms with Crippen LogP contribution in [0.3, 0.4) is 0 Å². The summed E-state index contributed by atoms with van der Waals surface area (Å²) in [6, 6.07) is 8.34. The summed E-state index contributed by atoms with van der Waals surface area (Å²) in [5, 5.41) is 13.5. The van der Waals surface area contributed by atoms with E-state index in [2.05, 4.69) is 0 Å². The molecular formula is C20H27N3O4. The second-order valence-electron chi connectivity index (χ2n) is 7.39. The summed E-state index contributed by atoms with van der Waals surface area (Å²) >= 11 is 0. The van der Waals surface area contributed by atoms with E-state index in [0.717, 1.165) is 25.7 Å². The van der Waals surface area contributed by atoms with E-state index in [1.807, 2.05) is 6.07 Å². The molecule has 0 radical (unpaired) electrons. The molecule has 2 aliphatic rings. The van der Waals surface area contributed by atoms with Crippen LogP contribution >= 0.6 is 0 Å². The minimum Gasteiger partial charge on any atom is -0.286 e. The van der Waals surface area contributed by atoms with Crippen molar-refractivity contribution in [1.82, 2.24) is 15.1 Å². The Kier molecular flexibility index (Phi) is 6.45. The second kappa shape index (κ2) is 8.99. The Morgan fingerprint density at radius 3 is 2.44 bits per heavy atom. The molecule has 7 nitrogen and oxygen atoms in total. The van der Waals surface area contributed by atoms with Gasteiger partial charge < -0.3 is 0 Å². The van der Waals surface area contributed by atoms with Crippen LogP contribution in [0.25, 0.3) is 0 Å². The Hall–Kier alpha value is -2.41. The van der Waals surface area contributed by atoms with E-state index in [0.29, 0.717) is 48.9 Å². The second-order valence-corrected chi connectivity index (χ2v) is 7.39. The van der Waals surface area contributed by atoms with Crippen molar-refractivity contribution in [1.29, 1.82) is 0 Å². The molecule has 146 valence electrons. The predicted molar refractivity (Wildman–Crippen MR) is 98.5 cm³/mol. The van der Waals surface area contributed by atoms with E-state index in [1.54, 1.807) is 24.3 Å². The van der Waals surface area contributed by atoms with Crippen LogP contribution in [0.5, 0.6) is 0 Å². The van der Waals surface area contributed by atoms with E-state index in [9.17, 15) is 19.6 Å². The number of hydrogen-bond donors (Lipinski definition) is 1. The zero-order chi connectivity index (χ0) is 19.2. The number of benzene rings is 1. The number of hydrogen-bond acceptors (Lipinski definition) is 4. The summed E-state index contributed by atoms with van der Waals surface area (Å²) in [5.41, 5.74) is 0.538. The van der Waals surface area contributed by atoms with Gasteiger partial charge in [0.15, 0.2) is 0 Å². The molecule has 27 heavy (non-hydrogen) atoms. The lowest BCUT2D eigenvalue weighted by Crippen LogP contribution is -2.47. The average Bonchev–Trinajstić information content (AvgIpc) is 3.38. The minimum absolute atomic E-state index is 0.0182. The molecule has 0 bridgehead atoms. The Balaban J connectivity index is 1.66. The van der Waals surface area contributed by atoms with Crippen molar-refractivity contribution in [3.8, 4) is 0 Å². The summed E-state index contributed by atoms with van der Waals surface area (Å²) in [6.45, 7) is 0.962. The molecule has 7 heteroatoms. The highest BCUT2D eigenvalue weighted by molar-refractivity contribution is 5.95. The molecule has 0 aromatic heterocycles. The van der Waals surface area contributed by atoms with Crippen molar-refractivity contribution in [3.63, 3.8) is 0 Å². The van der Waals surface area contributed by atoms with Crippen molar-refractivity contribution >= 4 is 18.2 Å². The molecule has 1 aromatic rings. The first-order chi connectivity index (χ1) is 13.1. The maximum Gasteiger partial charge on any atom is 0.272 e. The Morgan fingerprint density at radius 1 is 1.11 bits per heavy atom. The van der Waals surface area contributed by atoms with Gasteiger partial charge in [0, 0.05) is 18.7 Å². The lowest BCUT2D eigenvalue weighted by atomic mass is 9.96. The molecule has 1 atom stereocenters.